The first-order valence-corrected chi connectivity index (χ1v) is 6.41. The van der Waals surface area contributed by atoms with Crippen LogP contribution in [0.15, 0.2) is 60.7 Å². The summed E-state index contributed by atoms with van der Waals surface area (Å²) in [6, 6.07) is 18.6. The SMILES string of the molecule is O.O=C(NC(c1ccccc1)c1ccccc1)C(O)CO. The molecule has 0 saturated heterocycles. The molecule has 0 saturated carbocycles. The number of hydrogen-bond acceptors (Lipinski definition) is 3. The lowest BCUT2D eigenvalue weighted by atomic mass is 9.98. The Labute approximate surface area is 123 Å². The number of amides is 1. The average Bonchev–Trinajstić information content (AvgIpc) is 2.53. The maximum atomic E-state index is 11.8. The van der Waals surface area contributed by atoms with E-state index in [0.717, 1.165) is 11.1 Å². The molecule has 5 N–H and O–H groups in total. The summed E-state index contributed by atoms with van der Waals surface area (Å²) < 4.78 is 0. The van der Waals surface area contributed by atoms with Crippen LogP contribution in [0, 0.1) is 0 Å². The first-order chi connectivity index (χ1) is 9.72. The number of carbonyl (C=O) groups excluding carboxylic acids is 1. The molecule has 2 rings (SSSR count). The van der Waals surface area contributed by atoms with Crippen molar-refractivity contribution < 1.29 is 20.5 Å². The molecule has 0 aliphatic heterocycles. The van der Waals surface area contributed by atoms with Crippen LogP contribution in [0.4, 0.5) is 0 Å². The molecule has 0 bridgehead atoms. The molecule has 0 spiro atoms. The van der Waals surface area contributed by atoms with Crippen LogP contribution >= 0.6 is 0 Å². The van der Waals surface area contributed by atoms with Crippen molar-refractivity contribution in [2.45, 2.75) is 12.1 Å². The van der Waals surface area contributed by atoms with Crippen molar-refractivity contribution in [2.24, 2.45) is 0 Å². The summed E-state index contributed by atoms with van der Waals surface area (Å²) in [5, 5.41) is 21.0. The van der Waals surface area contributed by atoms with Gasteiger partial charge in [0.1, 0.15) is 0 Å². The van der Waals surface area contributed by atoms with Crippen molar-refractivity contribution in [3.05, 3.63) is 71.8 Å². The molecule has 0 aliphatic rings. The van der Waals surface area contributed by atoms with Crippen LogP contribution in [-0.4, -0.2) is 34.3 Å². The third-order valence-electron chi connectivity index (χ3n) is 3.03. The Hall–Kier alpha value is -2.21. The lowest BCUT2D eigenvalue weighted by Gasteiger charge is -2.21. The standard InChI is InChI=1S/C16H17NO3.H2O/c18-11-14(19)16(20)17-15(12-7-3-1-4-8-12)13-9-5-2-6-10-13;/h1-10,14-15,18-19H,11H2,(H,17,20);1H2. The van der Waals surface area contributed by atoms with Gasteiger partial charge in [0.15, 0.2) is 6.10 Å². The summed E-state index contributed by atoms with van der Waals surface area (Å²) in [7, 11) is 0. The maximum absolute atomic E-state index is 11.8. The second-order valence-electron chi connectivity index (χ2n) is 4.46. The predicted molar refractivity (Wildman–Crippen MR) is 79.6 cm³/mol. The summed E-state index contributed by atoms with van der Waals surface area (Å²) in [6.07, 6.45) is -1.41. The predicted octanol–water partition coefficient (Wildman–Crippen LogP) is 0.421. The van der Waals surface area contributed by atoms with Crippen LogP contribution in [0.2, 0.25) is 0 Å². The molecule has 1 atom stereocenters. The van der Waals surface area contributed by atoms with E-state index in [1.165, 1.54) is 0 Å². The molecule has 0 aliphatic carbocycles. The zero-order valence-electron chi connectivity index (χ0n) is 11.4. The van der Waals surface area contributed by atoms with Crippen LogP contribution < -0.4 is 5.32 Å². The van der Waals surface area contributed by atoms with E-state index in [-0.39, 0.29) is 11.5 Å². The van der Waals surface area contributed by atoms with Crippen LogP contribution in [0.5, 0.6) is 0 Å². The largest absolute Gasteiger partial charge is 0.412 e. The fourth-order valence-electron chi connectivity index (χ4n) is 1.97. The molecule has 5 nitrogen and oxygen atoms in total. The van der Waals surface area contributed by atoms with Gasteiger partial charge < -0.3 is 21.0 Å². The third kappa shape index (κ3) is 4.39. The molecule has 1 unspecified atom stereocenters. The van der Waals surface area contributed by atoms with Crippen LogP contribution in [0.25, 0.3) is 0 Å². The van der Waals surface area contributed by atoms with Gasteiger partial charge in [0.25, 0.3) is 5.91 Å². The van der Waals surface area contributed by atoms with E-state index in [4.69, 9.17) is 5.11 Å². The normalized spacial score (nSPS) is 11.6. The Morgan fingerprint density at radius 1 is 0.952 bits per heavy atom. The van der Waals surface area contributed by atoms with Gasteiger partial charge in [-0.15, -0.1) is 0 Å². The van der Waals surface area contributed by atoms with Gasteiger partial charge in [-0.2, -0.15) is 0 Å². The quantitative estimate of drug-likeness (QED) is 0.743. The van der Waals surface area contributed by atoms with E-state index in [9.17, 15) is 9.90 Å². The van der Waals surface area contributed by atoms with Gasteiger partial charge in [-0.3, -0.25) is 4.79 Å². The minimum atomic E-state index is -1.41. The Balaban J connectivity index is 0.00000220. The van der Waals surface area contributed by atoms with E-state index in [1.54, 1.807) is 0 Å². The topological polar surface area (TPSA) is 101 Å². The van der Waals surface area contributed by atoms with Crippen molar-refractivity contribution in [2.75, 3.05) is 6.61 Å². The Morgan fingerprint density at radius 2 is 1.38 bits per heavy atom. The van der Waals surface area contributed by atoms with Gasteiger partial charge in [0, 0.05) is 0 Å². The van der Waals surface area contributed by atoms with E-state index < -0.39 is 18.6 Å². The zero-order chi connectivity index (χ0) is 14.4. The van der Waals surface area contributed by atoms with Crippen LogP contribution in [0.3, 0.4) is 0 Å². The average molecular weight is 289 g/mol. The van der Waals surface area contributed by atoms with Gasteiger partial charge in [0.05, 0.1) is 12.6 Å². The van der Waals surface area contributed by atoms with E-state index in [1.807, 2.05) is 60.7 Å². The number of rotatable bonds is 5. The highest BCUT2D eigenvalue weighted by molar-refractivity contribution is 5.81. The second-order valence-corrected chi connectivity index (χ2v) is 4.46. The summed E-state index contributed by atoms with van der Waals surface area (Å²) in [5.41, 5.74) is 1.83. The summed E-state index contributed by atoms with van der Waals surface area (Å²) in [4.78, 5) is 11.8. The van der Waals surface area contributed by atoms with Crippen LogP contribution in [-0.2, 0) is 4.79 Å². The molecule has 0 radical (unpaired) electrons. The van der Waals surface area contributed by atoms with E-state index in [2.05, 4.69) is 5.32 Å². The van der Waals surface area contributed by atoms with E-state index in [0.29, 0.717) is 0 Å². The number of carbonyl (C=O) groups is 1. The number of benzene rings is 2. The minimum Gasteiger partial charge on any atom is -0.412 e. The number of hydrogen-bond donors (Lipinski definition) is 3. The lowest BCUT2D eigenvalue weighted by Crippen LogP contribution is -2.39. The highest BCUT2D eigenvalue weighted by Crippen LogP contribution is 2.21. The summed E-state index contributed by atoms with van der Waals surface area (Å²) in [5.74, 6) is -0.592. The van der Waals surface area contributed by atoms with Gasteiger partial charge in [-0.05, 0) is 11.1 Å². The second kappa shape index (κ2) is 8.16. The minimum absolute atomic E-state index is 0. The highest BCUT2D eigenvalue weighted by atomic mass is 16.3. The van der Waals surface area contributed by atoms with Crippen molar-refractivity contribution in [1.29, 1.82) is 0 Å². The van der Waals surface area contributed by atoms with Crippen molar-refractivity contribution in [1.82, 2.24) is 5.32 Å². The smallest absolute Gasteiger partial charge is 0.251 e. The molecule has 5 heteroatoms. The summed E-state index contributed by atoms with van der Waals surface area (Å²) >= 11 is 0. The number of aliphatic hydroxyl groups is 2. The van der Waals surface area contributed by atoms with Gasteiger partial charge in [-0.1, -0.05) is 60.7 Å². The molecule has 0 aromatic heterocycles. The number of nitrogens with one attached hydrogen (secondary N) is 1. The molecule has 2 aromatic rings. The fraction of sp³-hybridized carbons (Fsp3) is 0.188. The first kappa shape index (κ1) is 16.8. The molecule has 0 heterocycles. The van der Waals surface area contributed by atoms with Crippen molar-refractivity contribution >= 4 is 5.91 Å². The maximum Gasteiger partial charge on any atom is 0.251 e. The highest BCUT2D eigenvalue weighted by Gasteiger charge is 2.20. The molecular formula is C16H19NO4. The van der Waals surface area contributed by atoms with Crippen molar-refractivity contribution in [3.63, 3.8) is 0 Å². The lowest BCUT2D eigenvalue weighted by molar-refractivity contribution is -0.131. The Morgan fingerprint density at radius 3 is 1.76 bits per heavy atom. The Bertz CT molecular complexity index is 505. The third-order valence-corrected chi connectivity index (χ3v) is 3.03. The fourth-order valence-corrected chi connectivity index (χ4v) is 1.97. The molecule has 2 aromatic carbocycles. The monoisotopic (exact) mass is 289 g/mol. The van der Waals surface area contributed by atoms with Crippen molar-refractivity contribution in [3.8, 4) is 0 Å². The van der Waals surface area contributed by atoms with Gasteiger partial charge in [-0.25, -0.2) is 0 Å². The molecular weight excluding hydrogens is 270 g/mol. The van der Waals surface area contributed by atoms with Gasteiger partial charge >= 0.3 is 0 Å². The molecule has 112 valence electrons. The first-order valence-electron chi connectivity index (χ1n) is 6.41. The number of aliphatic hydroxyl groups excluding tert-OH is 2. The van der Waals surface area contributed by atoms with Crippen LogP contribution in [0.1, 0.15) is 17.2 Å². The Kier molecular flexibility index (Phi) is 6.55. The van der Waals surface area contributed by atoms with Gasteiger partial charge in [0.2, 0.25) is 0 Å². The summed E-state index contributed by atoms with van der Waals surface area (Å²) in [6.45, 7) is -0.595. The zero-order valence-corrected chi connectivity index (χ0v) is 11.4. The molecule has 21 heavy (non-hydrogen) atoms. The molecule has 1 amide bonds. The van der Waals surface area contributed by atoms with E-state index >= 15 is 0 Å². The molecule has 0 fully saturated rings.